The standard InChI is InChI=1S/C14H23ClN4/c1-10(2)12-13(15)17-9-18-14(12)16-8-11-6-4-5-7-19(11)3/h9-11H,4-8H2,1-3H3,(H,16,17,18). The zero-order valence-corrected chi connectivity index (χ0v) is 12.7. The van der Waals surface area contributed by atoms with Gasteiger partial charge in [-0.05, 0) is 32.4 Å². The van der Waals surface area contributed by atoms with E-state index in [9.17, 15) is 0 Å². The van der Waals surface area contributed by atoms with Crippen molar-refractivity contribution in [3.8, 4) is 0 Å². The molecule has 1 N–H and O–H groups in total. The highest BCUT2D eigenvalue weighted by molar-refractivity contribution is 6.30. The fraction of sp³-hybridized carbons (Fsp3) is 0.714. The molecule has 0 aromatic carbocycles. The van der Waals surface area contributed by atoms with Crippen LogP contribution in [0.4, 0.5) is 5.82 Å². The largest absolute Gasteiger partial charge is 0.368 e. The van der Waals surface area contributed by atoms with Gasteiger partial charge in [-0.15, -0.1) is 0 Å². The van der Waals surface area contributed by atoms with E-state index in [1.165, 1.54) is 32.1 Å². The summed E-state index contributed by atoms with van der Waals surface area (Å²) in [5.74, 6) is 1.20. The molecule has 1 fully saturated rings. The minimum atomic E-state index is 0.320. The van der Waals surface area contributed by atoms with Crippen molar-refractivity contribution in [3.05, 3.63) is 17.0 Å². The lowest BCUT2D eigenvalue weighted by atomic mass is 10.0. The van der Waals surface area contributed by atoms with Crippen molar-refractivity contribution in [2.24, 2.45) is 0 Å². The molecule has 0 bridgehead atoms. The third-order valence-electron chi connectivity index (χ3n) is 3.84. The van der Waals surface area contributed by atoms with Gasteiger partial charge < -0.3 is 10.2 Å². The van der Waals surface area contributed by atoms with E-state index in [1.807, 2.05) is 0 Å². The first kappa shape index (κ1) is 14.5. The number of likely N-dealkylation sites (N-methyl/N-ethyl adjacent to an activating group) is 1. The summed E-state index contributed by atoms with van der Waals surface area (Å²) >= 11 is 6.17. The molecule has 0 amide bonds. The summed E-state index contributed by atoms with van der Waals surface area (Å²) in [5.41, 5.74) is 1.02. The Morgan fingerprint density at radius 1 is 1.42 bits per heavy atom. The smallest absolute Gasteiger partial charge is 0.138 e. The van der Waals surface area contributed by atoms with Crippen LogP contribution >= 0.6 is 11.6 Å². The molecule has 106 valence electrons. The number of hydrogen-bond acceptors (Lipinski definition) is 4. The van der Waals surface area contributed by atoms with E-state index < -0.39 is 0 Å². The van der Waals surface area contributed by atoms with Crippen molar-refractivity contribution >= 4 is 17.4 Å². The van der Waals surface area contributed by atoms with Crippen molar-refractivity contribution in [3.63, 3.8) is 0 Å². The average Bonchev–Trinajstić information content (AvgIpc) is 2.37. The zero-order valence-electron chi connectivity index (χ0n) is 12.0. The van der Waals surface area contributed by atoms with Gasteiger partial charge in [0, 0.05) is 18.2 Å². The van der Waals surface area contributed by atoms with Crippen molar-refractivity contribution < 1.29 is 0 Å². The second kappa shape index (κ2) is 6.53. The summed E-state index contributed by atoms with van der Waals surface area (Å²) in [4.78, 5) is 10.8. The van der Waals surface area contributed by atoms with Crippen LogP contribution in [0.25, 0.3) is 0 Å². The second-order valence-corrected chi connectivity index (χ2v) is 5.95. The van der Waals surface area contributed by atoms with E-state index in [0.717, 1.165) is 17.9 Å². The molecule has 4 nitrogen and oxygen atoms in total. The molecule has 1 aromatic rings. The Hall–Kier alpha value is -0.870. The van der Waals surface area contributed by atoms with Crippen LogP contribution in [0, 0.1) is 0 Å². The van der Waals surface area contributed by atoms with Gasteiger partial charge in [0.1, 0.15) is 17.3 Å². The second-order valence-electron chi connectivity index (χ2n) is 5.59. The molecular weight excluding hydrogens is 260 g/mol. The SMILES string of the molecule is CC(C)c1c(Cl)ncnc1NCC1CCCCN1C. The molecule has 0 saturated carbocycles. The van der Waals surface area contributed by atoms with E-state index in [-0.39, 0.29) is 0 Å². The minimum Gasteiger partial charge on any atom is -0.368 e. The van der Waals surface area contributed by atoms with Crippen LogP contribution in [0.5, 0.6) is 0 Å². The molecule has 1 aromatic heterocycles. The molecule has 2 rings (SSSR count). The maximum absolute atomic E-state index is 6.17. The number of halogens is 1. The summed E-state index contributed by atoms with van der Waals surface area (Å²) in [6, 6.07) is 0.586. The predicted molar refractivity (Wildman–Crippen MR) is 79.9 cm³/mol. The molecule has 5 heteroatoms. The van der Waals surface area contributed by atoms with E-state index in [2.05, 4.69) is 41.1 Å². The first-order chi connectivity index (χ1) is 9.09. The first-order valence-electron chi connectivity index (χ1n) is 7.04. The van der Waals surface area contributed by atoms with Crippen molar-refractivity contribution in [2.75, 3.05) is 25.5 Å². The molecule has 1 unspecified atom stereocenters. The van der Waals surface area contributed by atoms with Gasteiger partial charge in [0.25, 0.3) is 0 Å². The van der Waals surface area contributed by atoms with Gasteiger partial charge in [-0.25, -0.2) is 9.97 Å². The Morgan fingerprint density at radius 3 is 2.89 bits per heavy atom. The Balaban J connectivity index is 2.05. The quantitative estimate of drug-likeness (QED) is 0.862. The monoisotopic (exact) mass is 282 g/mol. The molecule has 19 heavy (non-hydrogen) atoms. The number of nitrogens with one attached hydrogen (secondary N) is 1. The highest BCUT2D eigenvalue weighted by Crippen LogP contribution is 2.28. The Kier molecular flexibility index (Phi) is 4.99. The van der Waals surface area contributed by atoms with Crippen molar-refractivity contribution in [1.29, 1.82) is 0 Å². The van der Waals surface area contributed by atoms with Crippen LogP contribution in [0.1, 0.15) is 44.6 Å². The maximum Gasteiger partial charge on any atom is 0.138 e. The zero-order chi connectivity index (χ0) is 13.8. The van der Waals surface area contributed by atoms with Gasteiger partial charge in [-0.1, -0.05) is 31.9 Å². The number of rotatable bonds is 4. The molecule has 1 saturated heterocycles. The fourth-order valence-electron chi connectivity index (χ4n) is 2.64. The topological polar surface area (TPSA) is 41.1 Å². The average molecular weight is 283 g/mol. The van der Waals surface area contributed by atoms with Crippen LogP contribution in [0.2, 0.25) is 5.15 Å². The Morgan fingerprint density at radius 2 is 2.21 bits per heavy atom. The predicted octanol–water partition coefficient (Wildman–Crippen LogP) is 3.15. The van der Waals surface area contributed by atoms with Crippen LogP contribution in [-0.4, -0.2) is 41.0 Å². The van der Waals surface area contributed by atoms with E-state index in [0.29, 0.717) is 17.1 Å². The molecule has 1 aliphatic rings. The normalized spacial score (nSPS) is 20.8. The number of hydrogen-bond donors (Lipinski definition) is 1. The third kappa shape index (κ3) is 3.57. The molecule has 0 spiro atoms. The summed E-state index contributed by atoms with van der Waals surface area (Å²) in [6.45, 7) is 6.34. The van der Waals surface area contributed by atoms with Crippen LogP contribution in [-0.2, 0) is 0 Å². The molecular formula is C14H23ClN4. The number of likely N-dealkylation sites (tertiary alicyclic amines) is 1. The lowest BCUT2D eigenvalue weighted by molar-refractivity contribution is 0.194. The summed E-state index contributed by atoms with van der Waals surface area (Å²) in [7, 11) is 2.20. The summed E-state index contributed by atoms with van der Waals surface area (Å²) in [5, 5.41) is 4.02. The Labute approximate surface area is 120 Å². The van der Waals surface area contributed by atoms with Crippen molar-refractivity contribution in [1.82, 2.24) is 14.9 Å². The lowest BCUT2D eigenvalue weighted by Gasteiger charge is -2.32. The number of piperidine rings is 1. The number of nitrogens with zero attached hydrogens (tertiary/aromatic N) is 3. The van der Waals surface area contributed by atoms with E-state index in [1.54, 1.807) is 0 Å². The van der Waals surface area contributed by atoms with Crippen LogP contribution in [0.15, 0.2) is 6.33 Å². The maximum atomic E-state index is 6.17. The van der Waals surface area contributed by atoms with Gasteiger partial charge in [0.15, 0.2) is 0 Å². The highest BCUT2D eigenvalue weighted by Gasteiger charge is 2.20. The molecule has 2 heterocycles. The Bertz CT molecular complexity index is 422. The first-order valence-corrected chi connectivity index (χ1v) is 7.42. The fourth-order valence-corrected chi connectivity index (χ4v) is 2.99. The molecule has 1 atom stereocenters. The van der Waals surface area contributed by atoms with Crippen LogP contribution < -0.4 is 5.32 Å². The molecule has 0 radical (unpaired) electrons. The molecule has 0 aliphatic carbocycles. The van der Waals surface area contributed by atoms with Gasteiger partial charge in [0.05, 0.1) is 0 Å². The van der Waals surface area contributed by atoms with Crippen molar-refractivity contribution in [2.45, 2.75) is 45.1 Å². The van der Waals surface area contributed by atoms with E-state index >= 15 is 0 Å². The highest BCUT2D eigenvalue weighted by atomic mass is 35.5. The summed E-state index contributed by atoms with van der Waals surface area (Å²) in [6.07, 6.45) is 5.41. The van der Waals surface area contributed by atoms with Crippen LogP contribution in [0.3, 0.4) is 0 Å². The summed E-state index contributed by atoms with van der Waals surface area (Å²) < 4.78 is 0. The van der Waals surface area contributed by atoms with E-state index in [4.69, 9.17) is 11.6 Å². The number of anilines is 1. The minimum absolute atomic E-state index is 0.320. The van der Waals surface area contributed by atoms with Gasteiger partial charge in [0.2, 0.25) is 0 Å². The van der Waals surface area contributed by atoms with Gasteiger partial charge in [-0.2, -0.15) is 0 Å². The van der Waals surface area contributed by atoms with Gasteiger partial charge in [-0.3, -0.25) is 0 Å². The lowest BCUT2D eigenvalue weighted by Crippen LogP contribution is -2.41. The number of aromatic nitrogens is 2. The third-order valence-corrected chi connectivity index (χ3v) is 4.14. The van der Waals surface area contributed by atoms with Gasteiger partial charge >= 0.3 is 0 Å². The molecule has 1 aliphatic heterocycles.